The number of nitrogens with one attached hydrogen (secondary N) is 1. The smallest absolute Gasteiger partial charge is 0.139 e. The third-order valence-corrected chi connectivity index (χ3v) is 5.47. The molecule has 0 radical (unpaired) electrons. The number of nitrogens with zero attached hydrogens (tertiary/aromatic N) is 4. The van der Waals surface area contributed by atoms with E-state index in [9.17, 15) is 0 Å². The van der Waals surface area contributed by atoms with Gasteiger partial charge in [0.05, 0.1) is 22.6 Å². The molecule has 0 amide bonds. The minimum Gasteiger partial charge on any atom is -0.364 e. The summed E-state index contributed by atoms with van der Waals surface area (Å²) in [5.41, 5.74) is 4.08. The summed E-state index contributed by atoms with van der Waals surface area (Å²) in [5, 5.41) is 7.28. The highest BCUT2D eigenvalue weighted by Gasteiger charge is 2.13. The summed E-state index contributed by atoms with van der Waals surface area (Å²) in [5.74, 6) is 0.815. The highest BCUT2D eigenvalue weighted by atomic mass is 35.5. The first-order valence-electron chi connectivity index (χ1n) is 8.42. The first-order valence-corrected chi connectivity index (χ1v) is 9.68. The van der Waals surface area contributed by atoms with Crippen LogP contribution in [0.3, 0.4) is 0 Å². The lowest BCUT2D eigenvalue weighted by Crippen LogP contribution is -2.02. The van der Waals surface area contributed by atoms with E-state index in [4.69, 9.17) is 11.6 Å². The molecule has 132 valence electrons. The van der Waals surface area contributed by atoms with Crippen LogP contribution in [-0.4, -0.2) is 19.4 Å². The van der Waals surface area contributed by atoms with E-state index in [1.807, 2.05) is 47.1 Å². The van der Waals surface area contributed by atoms with E-state index in [0.717, 1.165) is 38.5 Å². The third-order valence-electron chi connectivity index (χ3n) is 4.36. The van der Waals surface area contributed by atoms with Crippen molar-refractivity contribution >= 4 is 44.6 Å². The Hall–Kier alpha value is -2.96. The molecule has 5 rings (SSSR count). The fourth-order valence-corrected chi connectivity index (χ4v) is 4.20. The number of rotatable bonds is 4. The number of imidazole rings is 1. The summed E-state index contributed by atoms with van der Waals surface area (Å²) in [7, 11) is 0. The molecule has 0 spiro atoms. The van der Waals surface area contributed by atoms with Gasteiger partial charge in [-0.25, -0.2) is 15.0 Å². The van der Waals surface area contributed by atoms with E-state index < -0.39 is 0 Å². The van der Waals surface area contributed by atoms with Gasteiger partial charge in [0.2, 0.25) is 0 Å². The largest absolute Gasteiger partial charge is 0.364 e. The zero-order valence-electron chi connectivity index (χ0n) is 14.1. The number of hydrogen-bond donors (Lipinski definition) is 1. The van der Waals surface area contributed by atoms with Crippen molar-refractivity contribution in [3.8, 4) is 11.1 Å². The summed E-state index contributed by atoms with van der Waals surface area (Å²) >= 11 is 7.67. The second kappa shape index (κ2) is 6.64. The second-order valence-corrected chi connectivity index (χ2v) is 7.41. The van der Waals surface area contributed by atoms with Crippen LogP contribution in [0.5, 0.6) is 0 Å². The van der Waals surface area contributed by atoms with Gasteiger partial charge in [-0.05, 0) is 17.7 Å². The Labute approximate surface area is 164 Å². The van der Waals surface area contributed by atoms with Gasteiger partial charge >= 0.3 is 0 Å². The number of aromatic nitrogens is 4. The Morgan fingerprint density at radius 3 is 2.81 bits per heavy atom. The molecule has 0 atom stereocenters. The van der Waals surface area contributed by atoms with Gasteiger partial charge in [-0.3, -0.25) is 0 Å². The van der Waals surface area contributed by atoms with E-state index >= 15 is 0 Å². The van der Waals surface area contributed by atoms with Crippen LogP contribution < -0.4 is 5.32 Å². The van der Waals surface area contributed by atoms with Gasteiger partial charge in [0.25, 0.3) is 0 Å². The average Bonchev–Trinajstić information content (AvgIpc) is 3.30. The molecule has 0 aliphatic carbocycles. The molecule has 0 aliphatic rings. The molecule has 4 heterocycles. The quantitative estimate of drug-likeness (QED) is 0.453. The molecule has 0 bridgehead atoms. The van der Waals surface area contributed by atoms with Crippen LogP contribution in [-0.2, 0) is 6.54 Å². The van der Waals surface area contributed by atoms with Crippen LogP contribution in [0.4, 0.5) is 5.82 Å². The minimum atomic E-state index is 0.565. The summed E-state index contributed by atoms with van der Waals surface area (Å²) in [6.45, 7) is 0.565. The van der Waals surface area contributed by atoms with Crippen molar-refractivity contribution in [1.82, 2.24) is 19.4 Å². The number of pyridine rings is 1. The van der Waals surface area contributed by atoms with Crippen molar-refractivity contribution in [1.29, 1.82) is 0 Å². The lowest BCUT2D eigenvalue weighted by molar-refractivity contribution is 1.06. The number of fused-ring (bicyclic) bond motifs is 2. The fourth-order valence-electron chi connectivity index (χ4n) is 3.12. The maximum absolute atomic E-state index is 6.05. The van der Waals surface area contributed by atoms with E-state index in [1.54, 1.807) is 17.7 Å². The van der Waals surface area contributed by atoms with Gasteiger partial charge in [-0.1, -0.05) is 41.9 Å². The van der Waals surface area contributed by atoms with Gasteiger partial charge in [0, 0.05) is 23.3 Å². The van der Waals surface area contributed by atoms with Gasteiger partial charge in [-0.2, -0.15) is 0 Å². The highest BCUT2D eigenvalue weighted by Crippen LogP contribution is 2.36. The lowest BCUT2D eigenvalue weighted by Gasteiger charge is -2.07. The number of halogens is 1. The van der Waals surface area contributed by atoms with Crippen LogP contribution in [0.1, 0.15) is 5.69 Å². The maximum Gasteiger partial charge on any atom is 0.139 e. The summed E-state index contributed by atoms with van der Waals surface area (Å²) in [6, 6.07) is 14.0. The van der Waals surface area contributed by atoms with Gasteiger partial charge in [0.15, 0.2) is 0 Å². The molecule has 0 saturated heterocycles. The van der Waals surface area contributed by atoms with Gasteiger partial charge < -0.3 is 9.72 Å². The first-order chi connectivity index (χ1) is 13.3. The van der Waals surface area contributed by atoms with E-state index in [1.165, 1.54) is 0 Å². The van der Waals surface area contributed by atoms with E-state index in [2.05, 4.69) is 37.8 Å². The molecule has 4 aromatic heterocycles. The number of benzene rings is 1. The van der Waals surface area contributed by atoms with Gasteiger partial charge in [0.1, 0.15) is 22.6 Å². The molecule has 0 unspecified atom stereocenters. The Morgan fingerprint density at radius 2 is 1.93 bits per heavy atom. The molecule has 1 aromatic carbocycles. The van der Waals surface area contributed by atoms with Crippen LogP contribution in [0.15, 0.2) is 66.6 Å². The minimum absolute atomic E-state index is 0.565. The Bertz CT molecular complexity index is 1250. The average molecular weight is 392 g/mol. The Morgan fingerprint density at radius 1 is 1.04 bits per heavy atom. The molecule has 0 fully saturated rings. The summed E-state index contributed by atoms with van der Waals surface area (Å²) in [4.78, 5) is 14.5. The number of anilines is 1. The molecule has 1 N–H and O–H groups in total. The normalized spacial score (nSPS) is 11.3. The standard InChI is InChI=1S/C20H14ClN5S/c21-14-6-7-17-25-15(10-26(17)9-14)8-22-19-18-16(13-4-2-1-3-5-13)11-27-20(18)24-12-23-19/h1-7,9-12H,8H2,(H,22,23,24). The second-order valence-electron chi connectivity index (χ2n) is 6.12. The first kappa shape index (κ1) is 16.2. The fraction of sp³-hybridized carbons (Fsp3) is 0.0500. The van der Waals surface area contributed by atoms with Crippen LogP contribution in [0, 0.1) is 0 Å². The molecular formula is C20H14ClN5S. The van der Waals surface area contributed by atoms with E-state index in [-0.39, 0.29) is 0 Å². The molecule has 0 saturated carbocycles. The molecule has 0 aliphatic heterocycles. The zero-order chi connectivity index (χ0) is 18.2. The topological polar surface area (TPSA) is 55.1 Å². The molecule has 5 nitrogen and oxygen atoms in total. The van der Waals surface area contributed by atoms with E-state index in [0.29, 0.717) is 11.6 Å². The number of thiophene rings is 1. The molecule has 7 heteroatoms. The molecule has 27 heavy (non-hydrogen) atoms. The van der Waals surface area contributed by atoms with Crippen LogP contribution >= 0.6 is 22.9 Å². The Kier molecular flexibility index (Phi) is 3.99. The van der Waals surface area contributed by atoms with Crippen LogP contribution in [0.2, 0.25) is 5.02 Å². The van der Waals surface area contributed by atoms with Crippen molar-refractivity contribution in [3.63, 3.8) is 0 Å². The molecular weight excluding hydrogens is 378 g/mol. The maximum atomic E-state index is 6.05. The third kappa shape index (κ3) is 3.03. The highest BCUT2D eigenvalue weighted by molar-refractivity contribution is 7.17. The molecule has 5 aromatic rings. The van der Waals surface area contributed by atoms with Crippen LogP contribution in [0.25, 0.3) is 27.0 Å². The summed E-state index contributed by atoms with van der Waals surface area (Å²) in [6.07, 6.45) is 5.42. The SMILES string of the molecule is Clc1ccc2nc(CNc3ncnc4scc(-c5ccccc5)c34)cn2c1. The van der Waals surface area contributed by atoms with Gasteiger partial charge in [-0.15, -0.1) is 11.3 Å². The van der Waals surface area contributed by atoms with Crippen molar-refractivity contribution in [2.24, 2.45) is 0 Å². The van der Waals surface area contributed by atoms with Crippen molar-refractivity contribution < 1.29 is 0 Å². The predicted molar refractivity (Wildman–Crippen MR) is 110 cm³/mol. The van der Waals surface area contributed by atoms with Crippen molar-refractivity contribution in [3.05, 3.63) is 77.3 Å². The zero-order valence-corrected chi connectivity index (χ0v) is 15.7. The Balaban J connectivity index is 1.50. The number of hydrogen-bond acceptors (Lipinski definition) is 5. The van der Waals surface area contributed by atoms with Crippen molar-refractivity contribution in [2.75, 3.05) is 5.32 Å². The monoisotopic (exact) mass is 391 g/mol. The van der Waals surface area contributed by atoms with Crippen molar-refractivity contribution in [2.45, 2.75) is 6.54 Å². The lowest BCUT2D eigenvalue weighted by atomic mass is 10.1. The summed E-state index contributed by atoms with van der Waals surface area (Å²) < 4.78 is 1.93. The predicted octanol–water partition coefficient (Wildman–Crippen LogP) is 5.27.